The van der Waals surface area contributed by atoms with Crippen molar-refractivity contribution in [2.75, 3.05) is 13.2 Å². The summed E-state index contributed by atoms with van der Waals surface area (Å²) in [6.07, 6.45) is 65.1. The molecule has 370 valence electrons. The second kappa shape index (κ2) is 52.7. The SMILES string of the molecule is CC/C=C\C/C=C\C/C=C\C/C=C\CCC(=O)OCC(COC(=O)CCCCCCCCCCCCCCCCCCCCC)OC(=O)CCCCCCC/C=C\CCCCCCC. The Morgan fingerprint density at radius 1 is 0.328 bits per heavy atom. The molecule has 0 saturated carbocycles. The van der Waals surface area contributed by atoms with Crippen LogP contribution in [-0.2, 0) is 28.6 Å². The maximum Gasteiger partial charge on any atom is 0.306 e. The molecule has 64 heavy (non-hydrogen) atoms. The molecule has 6 heteroatoms. The Kier molecular flexibility index (Phi) is 50.4. The molecular weight excluding hydrogens is 793 g/mol. The molecule has 1 unspecified atom stereocenters. The van der Waals surface area contributed by atoms with E-state index in [-0.39, 0.29) is 37.5 Å². The van der Waals surface area contributed by atoms with E-state index >= 15 is 0 Å². The van der Waals surface area contributed by atoms with Crippen LogP contribution in [-0.4, -0.2) is 37.2 Å². The van der Waals surface area contributed by atoms with Gasteiger partial charge in [0.05, 0.1) is 0 Å². The number of esters is 3. The van der Waals surface area contributed by atoms with Crippen LogP contribution in [0.15, 0.2) is 60.8 Å². The molecule has 0 aliphatic heterocycles. The number of allylic oxidation sites excluding steroid dienone is 10. The van der Waals surface area contributed by atoms with E-state index in [2.05, 4.69) is 75.5 Å². The van der Waals surface area contributed by atoms with Gasteiger partial charge in [-0.2, -0.15) is 0 Å². The van der Waals surface area contributed by atoms with E-state index in [4.69, 9.17) is 14.2 Å². The number of carbonyl (C=O) groups is 3. The van der Waals surface area contributed by atoms with E-state index in [1.807, 2.05) is 6.08 Å². The second-order valence-electron chi connectivity index (χ2n) is 18.1. The highest BCUT2D eigenvalue weighted by Gasteiger charge is 2.19. The van der Waals surface area contributed by atoms with Gasteiger partial charge in [-0.1, -0.05) is 242 Å². The predicted molar refractivity (Wildman–Crippen MR) is 275 cm³/mol. The molecule has 0 aromatic carbocycles. The van der Waals surface area contributed by atoms with E-state index in [0.717, 1.165) is 77.0 Å². The van der Waals surface area contributed by atoms with Gasteiger partial charge >= 0.3 is 17.9 Å². The number of carbonyl (C=O) groups excluding carboxylic acids is 3. The van der Waals surface area contributed by atoms with Gasteiger partial charge in [-0.05, 0) is 70.6 Å². The van der Waals surface area contributed by atoms with Crippen molar-refractivity contribution in [2.24, 2.45) is 0 Å². The molecule has 0 amide bonds. The van der Waals surface area contributed by atoms with Crippen LogP contribution in [0.25, 0.3) is 0 Å². The van der Waals surface area contributed by atoms with Crippen LogP contribution in [0, 0.1) is 0 Å². The Morgan fingerprint density at radius 3 is 1.05 bits per heavy atom. The average molecular weight is 895 g/mol. The van der Waals surface area contributed by atoms with Crippen molar-refractivity contribution in [1.82, 2.24) is 0 Å². The van der Waals surface area contributed by atoms with E-state index < -0.39 is 6.10 Å². The molecule has 0 radical (unpaired) electrons. The summed E-state index contributed by atoms with van der Waals surface area (Å²) in [5.41, 5.74) is 0. The summed E-state index contributed by atoms with van der Waals surface area (Å²) in [4.78, 5) is 38.0. The topological polar surface area (TPSA) is 78.9 Å². The molecule has 0 N–H and O–H groups in total. The Morgan fingerprint density at radius 2 is 0.641 bits per heavy atom. The van der Waals surface area contributed by atoms with E-state index in [9.17, 15) is 14.4 Å². The third-order valence-electron chi connectivity index (χ3n) is 11.8. The minimum Gasteiger partial charge on any atom is -0.462 e. The minimum atomic E-state index is -0.804. The van der Waals surface area contributed by atoms with Crippen LogP contribution in [0.1, 0.15) is 271 Å². The molecule has 6 nitrogen and oxygen atoms in total. The lowest BCUT2D eigenvalue weighted by Crippen LogP contribution is -2.30. The zero-order valence-electron chi connectivity index (χ0n) is 42.3. The van der Waals surface area contributed by atoms with Gasteiger partial charge in [0.25, 0.3) is 0 Å². The van der Waals surface area contributed by atoms with Crippen molar-refractivity contribution in [3.05, 3.63) is 60.8 Å². The number of hydrogen-bond donors (Lipinski definition) is 0. The maximum absolute atomic E-state index is 12.8. The minimum absolute atomic E-state index is 0.0971. The van der Waals surface area contributed by atoms with Crippen LogP contribution in [0.2, 0.25) is 0 Å². The second-order valence-corrected chi connectivity index (χ2v) is 18.1. The summed E-state index contributed by atoms with van der Waals surface area (Å²) >= 11 is 0. The first-order valence-electron chi connectivity index (χ1n) is 27.3. The third kappa shape index (κ3) is 50.1. The Hall–Kier alpha value is -2.89. The van der Waals surface area contributed by atoms with Gasteiger partial charge in [-0.3, -0.25) is 14.4 Å². The Labute approximate surface area is 396 Å². The Bertz CT molecular complexity index is 1170. The lowest BCUT2D eigenvalue weighted by atomic mass is 10.0. The molecular formula is C58H102O6. The lowest BCUT2D eigenvalue weighted by molar-refractivity contribution is -0.166. The molecule has 0 aliphatic rings. The molecule has 0 saturated heterocycles. The Balaban J connectivity index is 4.39. The normalized spacial score (nSPS) is 12.5. The van der Waals surface area contributed by atoms with Crippen molar-refractivity contribution >= 4 is 17.9 Å². The highest BCUT2D eigenvalue weighted by atomic mass is 16.6. The van der Waals surface area contributed by atoms with Gasteiger partial charge in [0, 0.05) is 19.3 Å². The molecule has 0 heterocycles. The largest absolute Gasteiger partial charge is 0.462 e. The van der Waals surface area contributed by atoms with E-state index in [0.29, 0.717) is 19.3 Å². The summed E-state index contributed by atoms with van der Waals surface area (Å²) in [5.74, 6) is -0.983. The molecule has 0 fully saturated rings. The fourth-order valence-electron chi connectivity index (χ4n) is 7.69. The van der Waals surface area contributed by atoms with E-state index in [1.54, 1.807) is 0 Å². The van der Waals surface area contributed by atoms with Gasteiger partial charge < -0.3 is 14.2 Å². The van der Waals surface area contributed by atoms with Crippen molar-refractivity contribution < 1.29 is 28.6 Å². The number of unbranched alkanes of at least 4 members (excludes halogenated alkanes) is 28. The lowest BCUT2D eigenvalue weighted by Gasteiger charge is -2.18. The highest BCUT2D eigenvalue weighted by Crippen LogP contribution is 2.16. The first kappa shape index (κ1) is 61.1. The summed E-state index contributed by atoms with van der Waals surface area (Å²) in [7, 11) is 0. The standard InChI is InChI=1S/C58H102O6/c1-4-7-10-13-16-19-22-25-27-28-29-30-31-34-36-39-42-45-48-51-57(60)63-54-55(53-62-56(59)50-47-44-41-38-35-32-24-21-18-15-12-9-6-3)64-58(61)52-49-46-43-40-37-33-26-23-20-17-14-11-8-5-2/h9,12,18,21,23,26,32,35,41,44,55H,4-8,10-11,13-17,19-20,22,24-25,27-31,33-34,36-40,42-43,45-54H2,1-3H3/b12-9-,21-18-,26-23-,35-32-,44-41-. The van der Waals surface area contributed by atoms with Crippen LogP contribution >= 0.6 is 0 Å². The number of rotatable bonds is 49. The van der Waals surface area contributed by atoms with Crippen molar-refractivity contribution in [3.8, 4) is 0 Å². The van der Waals surface area contributed by atoms with Crippen molar-refractivity contribution in [3.63, 3.8) is 0 Å². The smallest absolute Gasteiger partial charge is 0.306 e. The summed E-state index contributed by atoms with van der Waals surface area (Å²) in [6, 6.07) is 0. The highest BCUT2D eigenvalue weighted by molar-refractivity contribution is 5.71. The third-order valence-corrected chi connectivity index (χ3v) is 11.8. The van der Waals surface area contributed by atoms with Gasteiger partial charge in [0.15, 0.2) is 6.10 Å². The first-order valence-corrected chi connectivity index (χ1v) is 27.3. The van der Waals surface area contributed by atoms with Crippen LogP contribution in [0.5, 0.6) is 0 Å². The maximum atomic E-state index is 12.8. The average Bonchev–Trinajstić information content (AvgIpc) is 3.29. The van der Waals surface area contributed by atoms with Gasteiger partial charge in [-0.15, -0.1) is 0 Å². The quantitative estimate of drug-likeness (QED) is 0.0262. The molecule has 0 bridgehead atoms. The van der Waals surface area contributed by atoms with Crippen LogP contribution < -0.4 is 0 Å². The zero-order valence-corrected chi connectivity index (χ0v) is 42.3. The molecule has 0 rings (SSSR count). The van der Waals surface area contributed by atoms with Crippen molar-refractivity contribution in [1.29, 1.82) is 0 Å². The monoisotopic (exact) mass is 895 g/mol. The number of hydrogen-bond acceptors (Lipinski definition) is 6. The zero-order chi connectivity index (χ0) is 46.5. The molecule has 1 atom stereocenters. The first-order chi connectivity index (χ1) is 31.5. The van der Waals surface area contributed by atoms with Crippen LogP contribution in [0.3, 0.4) is 0 Å². The summed E-state index contributed by atoms with van der Waals surface area (Å²) in [5, 5.41) is 0. The molecule has 0 aromatic rings. The fourth-order valence-corrected chi connectivity index (χ4v) is 7.69. The molecule has 0 aliphatic carbocycles. The van der Waals surface area contributed by atoms with Crippen LogP contribution in [0.4, 0.5) is 0 Å². The summed E-state index contributed by atoms with van der Waals surface area (Å²) in [6.45, 7) is 6.46. The van der Waals surface area contributed by atoms with Gasteiger partial charge in [0.2, 0.25) is 0 Å². The fraction of sp³-hybridized carbons (Fsp3) is 0.776. The van der Waals surface area contributed by atoms with Crippen molar-refractivity contribution in [2.45, 2.75) is 277 Å². The predicted octanol–water partition coefficient (Wildman–Crippen LogP) is 18.0. The van der Waals surface area contributed by atoms with Gasteiger partial charge in [0.1, 0.15) is 13.2 Å². The molecule has 0 aromatic heterocycles. The summed E-state index contributed by atoms with van der Waals surface area (Å²) < 4.78 is 16.7. The molecule has 0 spiro atoms. The van der Waals surface area contributed by atoms with E-state index in [1.165, 1.54) is 148 Å². The number of ether oxygens (including phenoxy) is 3. The van der Waals surface area contributed by atoms with Gasteiger partial charge in [-0.25, -0.2) is 0 Å².